The predicted octanol–water partition coefficient (Wildman–Crippen LogP) is 5.24. The molecule has 1 aromatic heterocycles. The van der Waals surface area contributed by atoms with Crippen LogP contribution in [0.1, 0.15) is 5.56 Å². The second-order valence-corrected chi connectivity index (χ2v) is 6.29. The Morgan fingerprint density at radius 3 is 2.62 bits per heavy atom. The third-order valence-electron chi connectivity index (χ3n) is 3.43. The maximum atomic E-state index is 13.8. The van der Waals surface area contributed by atoms with E-state index in [4.69, 9.17) is 16.3 Å². The molecule has 24 heavy (non-hydrogen) atoms. The van der Waals surface area contributed by atoms with Gasteiger partial charge in [0.2, 0.25) is 0 Å². The fourth-order valence-electron chi connectivity index (χ4n) is 2.14. The molecule has 2 aromatic carbocycles. The SMILES string of the molecule is COc1ccc(-c2ccnc(SCc3c(F)cccc3Cl)n2)cc1. The van der Waals surface area contributed by atoms with Gasteiger partial charge in [-0.25, -0.2) is 14.4 Å². The second kappa shape index (κ2) is 7.64. The van der Waals surface area contributed by atoms with Gasteiger partial charge in [-0.2, -0.15) is 0 Å². The Morgan fingerprint density at radius 2 is 1.92 bits per heavy atom. The molecular formula is C18H14ClFN2OS. The summed E-state index contributed by atoms with van der Waals surface area (Å²) in [6.45, 7) is 0. The number of hydrogen-bond donors (Lipinski definition) is 0. The van der Waals surface area contributed by atoms with Crippen LogP contribution in [0.25, 0.3) is 11.3 Å². The Bertz CT molecular complexity index is 822. The minimum Gasteiger partial charge on any atom is -0.497 e. The number of nitrogens with zero attached hydrogens (tertiary/aromatic N) is 2. The topological polar surface area (TPSA) is 35.0 Å². The zero-order valence-corrected chi connectivity index (χ0v) is 14.4. The maximum absolute atomic E-state index is 13.8. The molecule has 0 saturated heterocycles. The summed E-state index contributed by atoms with van der Waals surface area (Å²) in [5.41, 5.74) is 2.22. The van der Waals surface area contributed by atoms with Gasteiger partial charge < -0.3 is 4.74 Å². The molecule has 1 heterocycles. The summed E-state index contributed by atoms with van der Waals surface area (Å²) in [4.78, 5) is 8.75. The lowest BCUT2D eigenvalue weighted by Gasteiger charge is -2.07. The van der Waals surface area contributed by atoms with Crippen molar-refractivity contribution in [3.05, 3.63) is 71.1 Å². The number of benzene rings is 2. The molecular weight excluding hydrogens is 347 g/mol. The van der Waals surface area contributed by atoms with Gasteiger partial charge in [-0.05, 0) is 42.5 Å². The third-order valence-corrected chi connectivity index (χ3v) is 4.67. The summed E-state index contributed by atoms with van der Waals surface area (Å²) in [5, 5.41) is 0.983. The van der Waals surface area contributed by atoms with Crippen molar-refractivity contribution >= 4 is 23.4 Å². The molecule has 3 nitrogen and oxygen atoms in total. The van der Waals surface area contributed by atoms with Crippen molar-refractivity contribution in [3.63, 3.8) is 0 Å². The Kier molecular flexibility index (Phi) is 5.33. The van der Waals surface area contributed by atoms with Crippen LogP contribution in [-0.2, 0) is 5.75 Å². The molecule has 0 N–H and O–H groups in total. The molecule has 6 heteroatoms. The van der Waals surface area contributed by atoms with E-state index < -0.39 is 0 Å². The van der Waals surface area contributed by atoms with Gasteiger partial charge in [-0.1, -0.05) is 29.4 Å². The Balaban J connectivity index is 1.78. The van der Waals surface area contributed by atoms with Crippen molar-refractivity contribution in [2.24, 2.45) is 0 Å². The molecule has 0 spiro atoms. The van der Waals surface area contributed by atoms with Crippen LogP contribution in [0, 0.1) is 5.82 Å². The van der Waals surface area contributed by atoms with Gasteiger partial charge in [0, 0.05) is 28.1 Å². The summed E-state index contributed by atoms with van der Waals surface area (Å²) in [7, 11) is 1.63. The summed E-state index contributed by atoms with van der Waals surface area (Å²) >= 11 is 7.39. The first-order valence-corrected chi connectivity index (χ1v) is 8.57. The van der Waals surface area contributed by atoms with Crippen molar-refractivity contribution in [1.82, 2.24) is 9.97 Å². The minimum atomic E-state index is -0.318. The molecule has 0 unspecified atom stereocenters. The lowest BCUT2D eigenvalue weighted by Crippen LogP contribution is -1.93. The normalized spacial score (nSPS) is 10.6. The highest BCUT2D eigenvalue weighted by Crippen LogP contribution is 2.28. The number of rotatable bonds is 5. The van der Waals surface area contributed by atoms with Gasteiger partial charge in [-0.15, -0.1) is 0 Å². The molecule has 122 valence electrons. The van der Waals surface area contributed by atoms with Gasteiger partial charge >= 0.3 is 0 Å². The van der Waals surface area contributed by atoms with Crippen LogP contribution in [0.4, 0.5) is 4.39 Å². The molecule has 0 saturated carbocycles. The molecule has 0 aliphatic heterocycles. The van der Waals surface area contributed by atoms with Crippen LogP contribution in [0.2, 0.25) is 5.02 Å². The first kappa shape index (κ1) is 16.7. The Hall–Kier alpha value is -2.11. The van der Waals surface area contributed by atoms with Crippen LogP contribution in [0.5, 0.6) is 5.75 Å². The van der Waals surface area contributed by atoms with Crippen LogP contribution >= 0.6 is 23.4 Å². The van der Waals surface area contributed by atoms with Crippen molar-refractivity contribution in [2.45, 2.75) is 10.9 Å². The van der Waals surface area contributed by atoms with Crippen LogP contribution in [0.3, 0.4) is 0 Å². The maximum Gasteiger partial charge on any atom is 0.188 e. The lowest BCUT2D eigenvalue weighted by atomic mass is 10.1. The van der Waals surface area contributed by atoms with Crippen LogP contribution in [0.15, 0.2) is 59.9 Å². The molecule has 0 atom stereocenters. The summed E-state index contributed by atoms with van der Waals surface area (Å²) in [6.07, 6.45) is 1.69. The van der Waals surface area contributed by atoms with Crippen molar-refractivity contribution < 1.29 is 9.13 Å². The van der Waals surface area contributed by atoms with E-state index >= 15 is 0 Å². The van der Waals surface area contributed by atoms with E-state index in [9.17, 15) is 4.39 Å². The number of aromatic nitrogens is 2. The van der Waals surface area contributed by atoms with Crippen molar-refractivity contribution in [2.75, 3.05) is 7.11 Å². The first-order valence-electron chi connectivity index (χ1n) is 7.20. The Labute approximate surface area is 148 Å². The molecule has 0 aliphatic carbocycles. The minimum absolute atomic E-state index is 0.318. The standard InChI is InChI=1S/C18H14ClFN2OS/c1-23-13-7-5-12(6-8-13)17-9-10-21-18(22-17)24-11-14-15(19)3-2-4-16(14)20/h2-10H,11H2,1H3. The van der Waals surface area contributed by atoms with Gasteiger partial charge in [0.25, 0.3) is 0 Å². The number of methoxy groups -OCH3 is 1. The van der Waals surface area contributed by atoms with E-state index in [1.54, 1.807) is 25.4 Å². The number of thioether (sulfide) groups is 1. The van der Waals surface area contributed by atoms with E-state index in [1.807, 2.05) is 30.3 Å². The largest absolute Gasteiger partial charge is 0.497 e. The van der Waals surface area contributed by atoms with E-state index in [0.717, 1.165) is 17.0 Å². The van der Waals surface area contributed by atoms with Gasteiger partial charge in [0.15, 0.2) is 5.16 Å². The highest BCUT2D eigenvalue weighted by Gasteiger charge is 2.09. The summed E-state index contributed by atoms with van der Waals surface area (Å²) in [5.74, 6) is 0.843. The van der Waals surface area contributed by atoms with E-state index in [0.29, 0.717) is 21.5 Å². The average molecular weight is 361 g/mol. The highest BCUT2D eigenvalue weighted by atomic mass is 35.5. The molecule has 3 rings (SSSR count). The van der Waals surface area contributed by atoms with Gasteiger partial charge in [0.05, 0.1) is 12.8 Å². The second-order valence-electron chi connectivity index (χ2n) is 4.94. The number of ether oxygens (including phenoxy) is 1. The molecule has 0 radical (unpaired) electrons. The predicted molar refractivity (Wildman–Crippen MR) is 95.0 cm³/mol. The van der Waals surface area contributed by atoms with Crippen molar-refractivity contribution in [1.29, 1.82) is 0 Å². The zero-order valence-electron chi connectivity index (χ0n) is 12.9. The number of hydrogen-bond acceptors (Lipinski definition) is 4. The van der Waals surface area contributed by atoms with Crippen LogP contribution in [-0.4, -0.2) is 17.1 Å². The Morgan fingerprint density at radius 1 is 1.12 bits per heavy atom. The fraction of sp³-hybridized carbons (Fsp3) is 0.111. The summed E-state index contributed by atoms with van der Waals surface area (Å²) < 4.78 is 19.0. The quantitative estimate of drug-likeness (QED) is 0.460. The molecule has 0 amide bonds. The zero-order chi connectivity index (χ0) is 16.9. The highest BCUT2D eigenvalue weighted by molar-refractivity contribution is 7.98. The fourth-order valence-corrected chi connectivity index (χ4v) is 3.31. The van der Waals surface area contributed by atoms with Gasteiger partial charge in [-0.3, -0.25) is 0 Å². The van der Waals surface area contributed by atoms with E-state index in [2.05, 4.69) is 9.97 Å². The molecule has 0 fully saturated rings. The average Bonchev–Trinajstić information content (AvgIpc) is 2.62. The number of halogens is 2. The van der Waals surface area contributed by atoms with Crippen molar-refractivity contribution in [3.8, 4) is 17.0 Å². The smallest absolute Gasteiger partial charge is 0.188 e. The van der Waals surface area contributed by atoms with E-state index in [1.165, 1.54) is 17.8 Å². The van der Waals surface area contributed by atoms with Crippen LogP contribution < -0.4 is 4.74 Å². The molecule has 0 aliphatic rings. The van der Waals surface area contributed by atoms with E-state index in [-0.39, 0.29) is 5.82 Å². The molecule has 3 aromatic rings. The third kappa shape index (κ3) is 3.86. The summed E-state index contributed by atoms with van der Waals surface area (Å²) in [6, 6.07) is 14.1. The lowest BCUT2D eigenvalue weighted by molar-refractivity contribution is 0.415. The molecule has 0 bridgehead atoms. The first-order chi connectivity index (χ1) is 11.7. The monoisotopic (exact) mass is 360 g/mol. The van der Waals surface area contributed by atoms with Gasteiger partial charge in [0.1, 0.15) is 11.6 Å².